The van der Waals surface area contributed by atoms with Crippen molar-refractivity contribution >= 4 is 42.9 Å². The number of carbonyl (C=O) groups excluding carboxylic acids is 4. The third-order valence-electron chi connectivity index (χ3n) is 2.78. The maximum absolute atomic E-state index is 11.0. The molecule has 8 nitrogen and oxygen atoms in total. The molecule has 26 heavy (non-hydrogen) atoms. The molecule has 0 aromatic rings. The Bertz CT molecular complexity index is 395. The highest BCUT2D eigenvalue weighted by Crippen LogP contribution is 2.10. The molecule has 0 unspecified atom stereocenters. The molecule has 0 aliphatic rings. The van der Waals surface area contributed by atoms with Crippen LogP contribution in [0.5, 0.6) is 0 Å². The van der Waals surface area contributed by atoms with Crippen molar-refractivity contribution < 1.29 is 38.1 Å². The fourth-order valence-electron chi connectivity index (χ4n) is 1.89. The Kier molecular flexibility index (Phi) is 13.5. The van der Waals surface area contributed by atoms with Gasteiger partial charge in [-0.1, -0.05) is 24.2 Å². The lowest BCUT2D eigenvalue weighted by Crippen LogP contribution is -2.23. The van der Waals surface area contributed by atoms with E-state index in [1.165, 1.54) is 27.7 Å². The Balaban J connectivity index is 3.83. The molecule has 0 atom stereocenters. The van der Waals surface area contributed by atoms with Crippen LogP contribution >= 0.6 is 0 Å². The van der Waals surface area contributed by atoms with E-state index in [4.69, 9.17) is 18.9 Å². The topological polar surface area (TPSA) is 105 Å². The van der Waals surface area contributed by atoms with Crippen LogP contribution in [-0.4, -0.2) is 55.5 Å². The molecule has 0 spiro atoms. The average Bonchev–Trinajstić information content (AvgIpc) is 2.47. The fourth-order valence-corrected chi connectivity index (χ4v) is 4.68. The van der Waals surface area contributed by atoms with Gasteiger partial charge in [0.15, 0.2) is 0 Å². The molecule has 4 radical (unpaired) electrons. The minimum atomic E-state index is -0.812. The highest BCUT2D eigenvalue weighted by Gasteiger charge is 2.16. The van der Waals surface area contributed by atoms with Gasteiger partial charge in [-0.25, -0.2) is 0 Å². The summed E-state index contributed by atoms with van der Waals surface area (Å²) in [7, 11) is 1.34. The second-order valence-electron chi connectivity index (χ2n) is 5.37. The van der Waals surface area contributed by atoms with Crippen molar-refractivity contribution in [2.45, 2.75) is 77.3 Å². The largest absolute Gasteiger partial charge is 0.425 e. The van der Waals surface area contributed by atoms with E-state index in [1.807, 2.05) is 0 Å². The zero-order valence-electron chi connectivity index (χ0n) is 15.7. The third kappa shape index (κ3) is 15.8. The van der Waals surface area contributed by atoms with Crippen LogP contribution in [-0.2, 0) is 38.1 Å². The quantitative estimate of drug-likeness (QED) is 0.199. The van der Waals surface area contributed by atoms with Crippen LogP contribution in [0, 0.1) is 0 Å². The lowest BCUT2D eigenvalue weighted by Gasteiger charge is -2.16. The van der Waals surface area contributed by atoms with Crippen molar-refractivity contribution in [3.63, 3.8) is 0 Å². The summed E-state index contributed by atoms with van der Waals surface area (Å²) in [6, 6.07) is 3.63. The van der Waals surface area contributed by atoms with Gasteiger partial charge >= 0.3 is 23.9 Å². The van der Waals surface area contributed by atoms with Crippen LogP contribution in [0.3, 0.4) is 0 Å². The first kappa shape index (κ1) is 24.3. The maximum atomic E-state index is 11.0. The standard InChI is InChI=1S/C16H26O8Si2/c1-11(17)21-15(22-12(2)18)5-7-25-9-10-26-8-6-16(23-13(3)19)24-14(4)20/h15-16H,5-10H2,1-4H3. The fraction of sp³-hybridized carbons (Fsp3) is 0.750. The van der Waals surface area contributed by atoms with Crippen molar-refractivity contribution in [1.29, 1.82) is 0 Å². The summed E-state index contributed by atoms with van der Waals surface area (Å²) < 4.78 is 19.7. The Labute approximate surface area is 158 Å². The van der Waals surface area contributed by atoms with E-state index in [0.29, 0.717) is 31.9 Å². The first-order chi connectivity index (χ1) is 12.2. The first-order valence-corrected chi connectivity index (χ1v) is 11.1. The lowest BCUT2D eigenvalue weighted by molar-refractivity contribution is -0.187. The van der Waals surface area contributed by atoms with Gasteiger partial charge in [0.25, 0.3) is 0 Å². The second-order valence-corrected chi connectivity index (χ2v) is 8.37. The van der Waals surface area contributed by atoms with Crippen LogP contribution in [0.2, 0.25) is 24.2 Å². The molecular weight excluding hydrogens is 376 g/mol. The lowest BCUT2D eigenvalue weighted by atomic mass is 10.4. The van der Waals surface area contributed by atoms with E-state index >= 15 is 0 Å². The number of ether oxygens (including phenoxy) is 4. The van der Waals surface area contributed by atoms with E-state index in [2.05, 4.69) is 0 Å². The summed E-state index contributed by atoms with van der Waals surface area (Å²) in [4.78, 5) is 43.8. The van der Waals surface area contributed by atoms with Gasteiger partial charge in [0, 0.05) is 59.6 Å². The zero-order valence-corrected chi connectivity index (χ0v) is 17.7. The number of carbonyl (C=O) groups is 4. The molecule has 10 heteroatoms. The monoisotopic (exact) mass is 402 g/mol. The summed E-state index contributed by atoms with van der Waals surface area (Å²) in [6.45, 7) is 5.11. The average molecular weight is 403 g/mol. The van der Waals surface area contributed by atoms with E-state index < -0.39 is 36.5 Å². The van der Waals surface area contributed by atoms with Gasteiger partial charge in [0.05, 0.1) is 0 Å². The van der Waals surface area contributed by atoms with E-state index in [-0.39, 0.29) is 0 Å². The minimum absolute atomic E-state index is 0.476. The predicted octanol–water partition coefficient (Wildman–Crippen LogP) is 1.75. The highest BCUT2D eigenvalue weighted by atomic mass is 28.2. The molecule has 0 saturated carbocycles. The molecule has 0 saturated heterocycles. The normalized spacial score (nSPS) is 10.5. The van der Waals surface area contributed by atoms with Crippen molar-refractivity contribution in [1.82, 2.24) is 0 Å². The summed E-state index contributed by atoms with van der Waals surface area (Å²) in [5.41, 5.74) is 0. The smallest absolute Gasteiger partial charge is 0.305 e. The molecule has 0 rings (SSSR count). The van der Waals surface area contributed by atoms with Crippen molar-refractivity contribution in [3.8, 4) is 0 Å². The number of hydrogen-bond acceptors (Lipinski definition) is 8. The van der Waals surface area contributed by atoms with Gasteiger partial charge in [-0.2, -0.15) is 0 Å². The third-order valence-corrected chi connectivity index (χ3v) is 5.77. The van der Waals surface area contributed by atoms with Crippen molar-refractivity contribution in [3.05, 3.63) is 0 Å². The summed E-state index contributed by atoms with van der Waals surface area (Å²) in [6.07, 6.45) is -0.648. The molecule has 0 heterocycles. The van der Waals surface area contributed by atoms with Crippen LogP contribution < -0.4 is 0 Å². The Hall–Kier alpha value is -1.69. The van der Waals surface area contributed by atoms with E-state index in [0.717, 1.165) is 24.2 Å². The first-order valence-electron chi connectivity index (χ1n) is 8.31. The van der Waals surface area contributed by atoms with Gasteiger partial charge in [-0.15, -0.1) is 0 Å². The molecule has 0 aliphatic carbocycles. The Morgan fingerprint density at radius 1 is 0.577 bits per heavy atom. The van der Waals surface area contributed by atoms with Crippen molar-refractivity contribution in [2.24, 2.45) is 0 Å². The number of rotatable bonds is 13. The second kappa shape index (κ2) is 14.5. The summed E-state index contributed by atoms with van der Waals surface area (Å²) >= 11 is 0. The van der Waals surface area contributed by atoms with Crippen LogP contribution in [0.1, 0.15) is 40.5 Å². The van der Waals surface area contributed by atoms with Gasteiger partial charge in [0.1, 0.15) is 0 Å². The van der Waals surface area contributed by atoms with Gasteiger partial charge in [-0.05, 0) is 0 Å². The van der Waals surface area contributed by atoms with Crippen LogP contribution in [0.15, 0.2) is 0 Å². The molecular formula is C16H26O8Si2. The molecule has 0 fully saturated rings. The van der Waals surface area contributed by atoms with Crippen LogP contribution in [0.4, 0.5) is 0 Å². The Morgan fingerprint density at radius 2 is 0.846 bits per heavy atom. The van der Waals surface area contributed by atoms with Gasteiger partial charge in [-0.3, -0.25) is 19.2 Å². The zero-order chi connectivity index (χ0) is 19.9. The molecule has 0 amide bonds. The summed E-state index contributed by atoms with van der Waals surface area (Å²) in [5, 5.41) is 0. The molecule has 0 bridgehead atoms. The minimum Gasteiger partial charge on any atom is -0.425 e. The number of esters is 4. The highest BCUT2D eigenvalue weighted by molar-refractivity contribution is 6.42. The van der Waals surface area contributed by atoms with Crippen LogP contribution in [0.25, 0.3) is 0 Å². The number of hydrogen-bond donors (Lipinski definition) is 0. The van der Waals surface area contributed by atoms with Gasteiger partial charge < -0.3 is 18.9 Å². The summed E-state index contributed by atoms with van der Waals surface area (Å²) in [5.74, 6) is -1.90. The Morgan fingerprint density at radius 3 is 1.08 bits per heavy atom. The van der Waals surface area contributed by atoms with Crippen molar-refractivity contribution in [2.75, 3.05) is 0 Å². The molecule has 0 N–H and O–H groups in total. The predicted molar refractivity (Wildman–Crippen MR) is 94.6 cm³/mol. The maximum Gasteiger partial charge on any atom is 0.305 e. The van der Waals surface area contributed by atoms with Gasteiger partial charge in [0.2, 0.25) is 12.6 Å². The molecule has 0 aromatic heterocycles. The molecule has 0 aliphatic heterocycles. The van der Waals surface area contributed by atoms with E-state index in [1.54, 1.807) is 0 Å². The molecule has 146 valence electrons. The SMILES string of the molecule is CC(=O)OC(CC[Si]CC[Si]CCC(OC(C)=O)OC(C)=O)OC(C)=O. The molecule has 0 aromatic carbocycles. The van der Waals surface area contributed by atoms with E-state index in [9.17, 15) is 19.2 Å².